The first-order chi connectivity index (χ1) is 14.1. The highest BCUT2D eigenvalue weighted by molar-refractivity contribution is 5.91. The van der Waals surface area contributed by atoms with Gasteiger partial charge in [-0.15, -0.1) is 0 Å². The Morgan fingerprint density at radius 2 is 1.83 bits per heavy atom. The van der Waals surface area contributed by atoms with Crippen LogP contribution in [0.1, 0.15) is 30.6 Å². The van der Waals surface area contributed by atoms with Crippen LogP contribution in [-0.2, 0) is 16.0 Å². The van der Waals surface area contributed by atoms with E-state index < -0.39 is 6.10 Å². The van der Waals surface area contributed by atoms with Gasteiger partial charge >= 0.3 is 0 Å². The molecule has 6 heteroatoms. The third-order valence-electron chi connectivity index (χ3n) is 5.10. The number of carbonyl (C=O) groups is 1. The van der Waals surface area contributed by atoms with Gasteiger partial charge in [-0.1, -0.05) is 31.2 Å². The first kappa shape index (κ1) is 21.3. The fraction of sp³-hybridized carbons (Fsp3) is 0.435. The number of carbonyl (C=O) groups excluding carboxylic acids is 1. The quantitative estimate of drug-likeness (QED) is 0.679. The molecule has 1 unspecified atom stereocenters. The molecule has 2 aromatic rings. The number of hydrogen-bond acceptors (Lipinski definition) is 5. The Hall–Kier alpha value is -2.41. The molecule has 1 fully saturated rings. The van der Waals surface area contributed by atoms with E-state index in [0.29, 0.717) is 17.9 Å². The summed E-state index contributed by atoms with van der Waals surface area (Å²) >= 11 is 0. The summed E-state index contributed by atoms with van der Waals surface area (Å²) < 4.78 is 10.9. The summed E-state index contributed by atoms with van der Waals surface area (Å²) in [6.45, 7) is 6.26. The highest BCUT2D eigenvalue weighted by atomic mass is 16.5. The Bertz CT molecular complexity index is 755. The molecule has 29 heavy (non-hydrogen) atoms. The van der Waals surface area contributed by atoms with Crippen molar-refractivity contribution in [3.63, 3.8) is 0 Å². The normalized spacial score (nSPS) is 15.7. The van der Waals surface area contributed by atoms with E-state index in [1.54, 1.807) is 12.1 Å². The van der Waals surface area contributed by atoms with Gasteiger partial charge in [-0.25, -0.2) is 0 Å². The molecule has 1 amide bonds. The molecule has 156 valence electrons. The molecule has 0 aliphatic carbocycles. The molecule has 1 saturated heterocycles. The van der Waals surface area contributed by atoms with E-state index in [2.05, 4.69) is 17.1 Å². The number of amides is 1. The molecule has 0 bridgehead atoms. The Morgan fingerprint density at radius 3 is 2.48 bits per heavy atom. The number of nitrogens with zero attached hydrogens (tertiary/aromatic N) is 1. The molecule has 0 radical (unpaired) electrons. The lowest BCUT2D eigenvalue weighted by Crippen LogP contribution is -2.37. The zero-order valence-corrected chi connectivity index (χ0v) is 17.0. The summed E-state index contributed by atoms with van der Waals surface area (Å²) in [5.41, 5.74) is 2.77. The third-order valence-corrected chi connectivity index (χ3v) is 5.10. The van der Waals surface area contributed by atoms with Gasteiger partial charge in [0.2, 0.25) is 0 Å². The van der Waals surface area contributed by atoms with Crippen LogP contribution in [0.25, 0.3) is 0 Å². The van der Waals surface area contributed by atoms with Gasteiger partial charge in [-0.3, -0.25) is 9.69 Å². The summed E-state index contributed by atoms with van der Waals surface area (Å²) in [7, 11) is 0. The summed E-state index contributed by atoms with van der Waals surface area (Å²) in [5, 5.41) is 13.2. The molecule has 1 heterocycles. The minimum absolute atomic E-state index is 0.0462. The van der Waals surface area contributed by atoms with Crippen molar-refractivity contribution in [3.05, 3.63) is 59.7 Å². The number of aryl methyl sites for hydroxylation is 1. The number of aliphatic hydroxyl groups is 1. The predicted octanol–water partition coefficient (Wildman–Crippen LogP) is 3.02. The second-order valence-electron chi connectivity index (χ2n) is 7.21. The van der Waals surface area contributed by atoms with Crippen molar-refractivity contribution in [2.24, 2.45) is 0 Å². The van der Waals surface area contributed by atoms with Crippen LogP contribution in [0.15, 0.2) is 48.5 Å². The van der Waals surface area contributed by atoms with Gasteiger partial charge in [0.25, 0.3) is 5.91 Å². The van der Waals surface area contributed by atoms with Crippen molar-refractivity contribution in [3.8, 4) is 5.75 Å². The molecular formula is C23H30N2O4. The monoisotopic (exact) mass is 398 g/mol. The average Bonchev–Trinajstić information content (AvgIpc) is 2.77. The van der Waals surface area contributed by atoms with Gasteiger partial charge in [-0.2, -0.15) is 0 Å². The molecule has 1 aliphatic rings. The van der Waals surface area contributed by atoms with Crippen molar-refractivity contribution >= 4 is 11.6 Å². The molecule has 3 rings (SSSR count). The Labute approximate surface area is 172 Å². The third kappa shape index (κ3) is 6.85. The maximum Gasteiger partial charge on any atom is 0.262 e. The lowest BCUT2D eigenvalue weighted by Gasteiger charge is -2.27. The number of aliphatic hydroxyl groups excluding tert-OH is 1. The average molecular weight is 399 g/mol. The van der Waals surface area contributed by atoms with Crippen molar-refractivity contribution < 1.29 is 19.4 Å². The van der Waals surface area contributed by atoms with Gasteiger partial charge in [0, 0.05) is 25.3 Å². The van der Waals surface area contributed by atoms with Gasteiger partial charge in [0.15, 0.2) is 6.61 Å². The fourth-order valence-corrected chi connectivity index (χ4v) is 3.25. The second-order valence-corrected chi connectivity index (χ2v) is 7.21. The number of hydrogen-bond donors (Lipinski definition) is 2. The topological polar surface area (TPSA) is 71.0 Å². The van der Waals surface area contributed by atoms with E-state index in [0.717, 1.165) is 44.8 Å². The van der Waals surface area contributed by atoms with Crippen molar-refractivity contribution in [1.82, 2.24) is 4.90 Å². The number of nitrogens with one attached hydrogen (secondary N) is 1. The highest BCUT2D eigenvalue weighted by Gasteiger charge is 2.14. The minimum Gasteiger partial charge on any atom is -0.484 e. The van der Waals surface area contributed by atoms with Crippen LogP contribution in [-0.4, -0.2) is 55.4 Å². The van der Waals surface area contributed by atoms with E-state index in [1.165, 1.54) is 5.56 Å². The molecule has 1 aliphatic heterocycles. The van der Waals surface area contributed by atoms with Crippen molar-refractivity contribution in [2.45, 2.75) is 25.9 Å². The number of rotatable bonds is 9. The molecule has 2 aromatic carbocycles. The number of morpholine rings is 1. The molecule has 6 nitrogen and oxygen atoms in total. The minimum atomic E-state index is -0.517. The molecule has 2 N–H and O–H groups in total. The summed E-state index contributed by atoms with van der Waals surface area (Å²) in [4.78, 5) is 14.4. The number of anilines is 1. The van der Waals surface area contributed by atoms with E-state index in [9.17, 15) is 9.90 Å². The molecule has 1 atom stereocenters. The van der Waals surface area contributed by atoms with Crippen molar-refractivity contribution in [1.29, 1.82) is 0 Å². The lowest BCUT2D eigenvalue weighted by atomic mass is 10.1. The fourth-order valence-electron chi connectivity index (χ4n) is 3.25. The van der Waals surface area contributed by atoms with E-state index in [1.807, 2.05) is 36.4 Å². The van der Waals surface area contributed by atoms with Crippen LogP contribution >= 0.6 is 0 Å². The Kier molecular flexibility index (Phi) is 8.04. The first-order valence-electron chi connectivity index (χ1n) is 10.2. The van der Waals surface area contributed by atoms with E-state index in [-0.39, 0.29) is 12.5 Å². The maximum atomic E-state index is 12.1. The standard InChI is InChI=1S/C23H30N2O4/c1-2-18-3-9-21(10-4-18)29-17-23(27)24-20-7-5-19(6-8-20)22(26)11-12-25-13-15-28-16-14-25/h3-10,22,26H,2,11-17H2,1H3,(H,24,27). The van der Waals surface area contributed by atoms with Gasteiger partial charge in [0.1, 0.15) is 5.75 Å². The predicted molar refractivity (Wildman–Crippen MR) is 113 cm³/mol. The van der Waals surface area contributed by atoms with Crippen LogP contribution in [0.2, 0.25) is 0 Å². The van der Waals surface area contributed by atoms with Crippen LogP contribution in [0.5, 0.6) is 5.75 Å². The van der Waals surface area contributed by atoms with Gasteiger partial charge in [0.05, 0.1) is 19.3 Å². The number of benzene rings is 2. The molecule has 0 aromatic heterocycles. The van der Waals surface area contributed by atoms with E-state index in [4.69, 9.17) is 9.47 Å². The Balaban J connectivity index is 1.42. The zero-order valence-electron chi connectivity index (χ0n) is 17.0. The molecule has 0 spiro atoms. The van der Waals surface area contributed by atoms with Gasteiger partial charge in [-0.05, 0) is 48.2 Å². The first-order valence-corrected chi connectivity index (χ1v) is 10.2. The van der Waals surface area contributed by atoms with Gasteiger partial charge < -0.3 is 19.9 Å². The highest BCUT2D eigenvalue weighted by Crippen LogP contribution is 2.20. The van der Waals surface area contributed by atoms with Crippen LogP contribution in [0.3, 0.4) is 0 Å². The SMILES string of the molecule is CCc1ccc(OCC(=O)Nc2ccc(C(O)CCN3CCOCC3)cc2)cc1. The lowest BCUT2D eigenvalue weighted by molar-refractivity contribution is -0.118. The smallest absolute Gasteiger partial charge is 0.262 e. The Morgan fingerprint density at radius 1 is 1.14 bits per heavy atom. The zero-order chi connectivity index (χ0) is 20.5. The molecule has 0 saturated carbocycles. The number of ether oxygens (including phenoxy) is 2. The summed E-state index contributed by atoms with van der Waals surface area (Å²) in [6.07, 6.45) is 1.13. The van der Waals surface area contributed by atoms with Crippen LogP contribution < -0.4 is 10.1 Å². The van der Waals surface area contributed by atoms with Crippen LogP contribution in [0, 0.1) is 0 Å². The summed E-state index contributed by atoms with van der Waals surface area (Å²) in [6, 6.07) is 15.1. The largest absolute Gasteiger partial charge is 0.484 e. The molecular weight excluding hydrogens is 368 g/mol. The maximum absolute atomic E-state index is 12.1. The van der Waals surface area contributed by atoms with Crippen LogP contribution in [0.4, 0.5) is 5.69 Å². The second kappa shape index (κ2) is 11.0. The van der Waals surface area contributed by atoms with E-state index >= 15 is 0 Å². The van der Waals surface area contributed by atoms with Crippen molar-refractivity contribution in [2.75, 3.05) is 44.8 Å². The summed E-state index contributed by atoms with van der Waals surface area (Å²) in [5.74, 6) is 0.460.